The summed E-state index contributed by atoms with van der Waals surface area (Å²) in [4.78, 5) is 19.5. The van der Waals surface area contributed by atoms with Crippen LogP contribution in [-0.2, 0) is 12.8 Å². The van der Waals surface area contributed by atoms with Crippen molar-refractivity contribution in [2.45, 2.75) is 26.2 Å². The van der Waals surface area contributed by atoms with Crippen LogP contribution >= 0.6 is 0 Å². The molecule has 3 aromatic rings. The van der Waals surface area contributed by atoms with Crippen molar-refractivity contribution in [3.8, 4) is 0 Å². The minimum Gasteiger partial charge on any atom is -0.307 e. The van der Waals surface area contributed by atoms with Gasteiger partial charge >= 0.3 is 0 Å². The molecule has 0 atom stereocenters. The van der Waals surface area contributed by atoms with Gasteiger partial charge in [-0.3, -0.25) is 4.79 Å². The number of aromatic nitrogens is 1. The standard InChI is InChI=1S/C21H20N2O/c1-2-15-9-12-20-17(14-15)7-5-13-23(20)21(24)19-11-10-16-6-3-4-8-18(16)22-19/h3-4,6,8-12,14H,2,5,7,13H2,1H3. The second-order valence-electron chi connectivity index (χ2n) is 6.27. The van der Waals surface area contributed by atoms with E-state index in [0.717, 1.165) is 42.4 Å². The highest BCUT2D eigenvalue weighted by Gasteiger charge is 2.24. The summed E-state index contributed by atoms with van der Waals surface area (Å²) in [6.45, 7) is 2.91. The van der Waals surface area contributed by atoms with Gasteiger partial charge in [-0.15, -0.1) is 0 Å². The van der Waals surface area contributed by atoms with Crippen molar-refractivity contribution < 1.29 is 4.79 Å². The molecule has 24 heavy (non-hydrogen) atoms. The van der Waals surface area contributed by atoms with Crippen molar-refractivity contribution in [2.75, 3.05) is 11.4 Å². The van der Waals surface area contributed by atoms with Gasteiger partial charge in [0, 0.05) is 17.6 Å². The third-order valence-electron chi connectivity index (χ3n) is 4.73. The highest BCUT2D eigenvalue weighted by Crippen LogP contribution is 2.29. The Labute approximate surface area is 141 Å². The van der Waals surface area contributed by atoms with E-state index in [0.29, 0.717) is 5.69 Å². The molecule has 1 aliphatic heterocycles. The number of nitrogens with zero attached hydrogens (tertiary/aromatic N) is 2. The number of aryl methyl sites for hydroxylation is 2. The average molecular weight is 316 g/mol. The lowest BCUT2D eigenvalue weighted by Gasteiger charge is -2.29. The first-order valence-electron chi connectivity index (χ1n) is 8.56. The molecule has 1 aromatic heterocycles. The molecule has 0 spiro atoms. The van der Waals surface area contributed by atoms with Crippen molar-refractivity contribution in [1.29, 1.82) is 0 Å². The molecule has 2 heterocycles. The van der Waals surface area contributed by atoms with Gasteiger partial charge in [-0.05, 0) is 48.6 Å². The maximum absolute atomic E-state index is 13.0. The molecule has 0 bridgehead atoms. The Morgan fingerprint density at radius 1 is 1.12 bits per heavy atom. The van der Waals surface area contributed by atoms with Crippen LogP contribution < -0.4 is 4.90 Å². The van der Waals surface area contributed by atoms with Gasteiger partial charge in [-0.25, -0.2) is 4.98 Å². The summed E-state index contributed by atoms with van der Waals surface area (Å²) in [6, 6.07) is 18.2. The zero-order chi connectivity index (χ0) is 16.5. The van der Waals surface area contributed by atoms with E-state index in [1.807, 2.05) is 41.3 Å². The summed E-state index contributed by atoms with van der Waals surface area (Å²) in [6.07, 6.45) is 3.06. The molecule has 0 N–H and O–H groups in total. The Balaban J connectivity index is 1.72. The smallest absolute Gasteiger partial charge is 0.276 e. The van der Waals surface area contributed by atoms with E-state index in [1.165, 1.54) is 11.1 Å². The topological polar surface area (TPSA) is 33.2 Å². The Morgan fingerprint density at radius 3 is 2.88 bits per heavy atom. The summed E-state index contributed by atoms with van der Waals surface area (Å²) in [5.41, 5.74) is 5.02. The number of anilines is 1. The van der Waals surface area contributed by atoms with Gasteiger partial charge in [-0.1, -0.05) is 43.3 Å². The predicted molar refractivity (Wildman–Crippen MR) is 97.6 cm³/mol. The fraction of sp³-hybridized carbons (Fsp3) is 0.238. The third kappa shape index (κ3) is 2.56. The first kappa shape index (κ1) is 14.9. The van der Waals surface area contributed by atoms with Crippen molar-refractivity contribution in [3.63, 3.8) is 0 Å². The number of para-hydroxylation sites is 1. The second-order valence-corrected chi connectivity index (χ2v) is 6.27. The predicted octanol–water partition coefficient (Wildman–Crippen LogP) is 4.39. The van der Waals surface area contributed by atoms with Crippen LogP contribution in [0.2, 0.25) is 0 Å². The van der Waals surface area contributed by atoms with Crippen LogP contribution in [0.5, 0.6) is 0 Å². The number of carbonyl (C=O) groups excluding carboxylic acids is 1. The maximum atomic E-state index is 13.0. The lowest BCUT2D eigenvalue weighted by Crippen LogP contribution is -2.36. The number of hydrogen-bond donors (Lipinski definition) is 0. The van der Waals surface area contributed by atoms with Crippen LogP contribution in [0.25, 0.3) is 10.9 Å². The van der Waals surface area contributed by atoms with Crippen molar-refractivity contribution >= 4 is 22.5 Å². The van der Waals surface area contributed by atoms with Gasteiger partial charge in [0.2, 0.25) is 0 Å². The number of benzene rings is 2. The lowest BCUT2D eigenvalue weighted by atomic mass is 9.98. The minimum atomic E-state index is -0.00838. The van der Waals surface area contributed by atoms with E-state index in [2.05, 4.69) is 30.1 Å². The third-order valence-corrected chi connectivity index (χ3v) is 4.73. The summed E-state index contributed by atoms with van der Waals surface area (Å²) >= 11 is 0. The molecule has 1 amide bonds. The molecule has 0 saturated carbocycles. The lowest BCUT2D eigenvalue weighted by molar-refractivity contribution is 0.0980. The zero-order valence-corrected chi connectivity index (χ0v) is 13.8. The van der Waals surface area contributed by atoms with Gasteiger partial charge in [0.15, 0.2) is 0 Å². The quantitative estimate of drug-likeness (QED) is 0.702. The molecule has 120 valence electrons. The summed E-state index contributed by atoms with van der Waals surface area (Å²) in [7, 11) is 0. The first-order valence-corrected chi connectivity index (χ1v) is 8.56. The second kappa shape index (κ2) is 6.08. The minimum absolute atomic E-state index is 0.00838. The van der Waals surface area contributed by atoms with Gasteiger partial charge in [0.25, 0.3) is 5.91 Å². The molecule has 3 nitrogen and oxygen atoms in total. The zero-order valence-electron chi connectivity index (χ0n) is 13.8. The van der Waals surface area contributed by atoms with E-state index >= 15 is 0 Å². The van der Waals surface area contributed by atoms with Crippen LogP contribution in [0.1, 0.15) is 35.0 Å². The van der Waals surface area contributed by atoms with E-state index in [1.54, 1.807) is 0 Å². The van der Waals surface area contributed by atoms with Crippen LogP contribution in [0.15, 0.2) is 54.6 Å². The first-order chi connectivity index (χ1) is 11.8. The molecule has 3 heteroatoms. The summed E-state index contributed by atoms with van der Waals surface area (Å²) in [5, 5.41) is 1.06. The van der Waals surface area contributed by atoms with E-state index in [-0.39, 0.29) is 5.91 Å². The molecule has 0 unspecified atom stereocenters. The maximum Gasteiger partial charge on any atom is 0.276 e. The Morgan fingerprint density at radius 2 is 2.00 bits per heavy atom. The van der Waals surface area contributed by atoms with Crippen molar-refractivity contribution in [1.82, 2.24) is 4.98 Å². The fourth-order valence-electron chi connectivity index (χ4n) is 3.40. The highest BCUT2D eigenvalue weighted by molar-refractivity contribution is 6.06. The fourth-order valence-corrected chi connectivity index (χ4v) is 3.40. The number of fused-ring (bicyclic) bond motifs is 2. The largest absolute Gasteiger partial charge is 0.307 e. The molecule has 0 fully saturated rings. The molecule has 2 aromatic carbocycles. The number of hydrogen-bond acceptors (Lipinski definition) is 2. The molecular weight excluding hydrogens is 296 g/mol. The van der Waals surface area contributed by atoms with Crippen LogP contribution in [0.4, 0.5) is 5.69 Å². The van der Waals surface area contributed by atoms with Crippen LogP contribution in [0.3, 0.4) is 0 Å². The number of carbonyl (C=O) groups is 1. The van der Waals surface area contributed by atoms with E-state index in [4.69, 9.17) is 0 Å². The van der Waals surface area contributed by atoms with Crippen molar-refractivity contribution in [2.24, 2.45) is 0 Å². The monoisotopic (exact) mass is 316 g/mol. The van der Waals surface area contributed by atoms with E-state index in [9.17, 15) is 4.79 Å². The van der Waals surface area contributed by atoms with Crippen LogP contribution in [-0.4, -0.2) is 17.4 Å². The average Bonchev–Trinajstić information content (AvgIpc) is 2.66. The highest BCUT2D eigenvalue weighted by atomic mass is 16.2. The summed E-state index contributed by atoms with van der Waals surface area (Å²) in [5.74, 6) is -0.00838. The normalized spacial score (nSPS) is 13.8. The number of rotatable bonds is 2. The number of amides is 1. The van der Waals surface area contributed by atoms with Gasteiger partial charge in [0.1, 0.15) is 5.69 Å². The van der Waals surface area contributed by atoms with Gasteiger partial charge in [0.05, 0.1) is 5.52 Å². The molecule has 1 aliphatic rings. The van der Waals surface area contributed by atoms with Gasteiger partial charge in [-0.2, -0.15) is 0 Å². The molecule has 0 radical (unpaired) electrons. The Kier molecular flexibility index (Phi) is 3.77. The number of pyridine rings is 1. The molecular formula is C21H20N2O. The SMILES string of the molecule is CCc1ccc2c(c1)CCCN2C(=O)c1ccc2ccccc2n1. The van der Waals surface area contributed by atoms with Crippen molar-refractivity contribution in [3.05, 3.63) is 71.4 Å². The Bertz CT molecular complexity index is 917. The van der Waals surface area contributed by atoms with E-state index < -0.39 is 0 Å². The molecule has 0 aliphatic carbocycles. The van der Waals surface area contributed by atoms with Gasteiger partial charge < -0.3 is 4.90 Å². The Hall–Kier alpha value is -2.68. The molecule has 4 rings (SSSR count). The molecule has 0 saturated heterocycles. The van der Waals surface area contributed by atoms with Crippen LogP contribution in [0, 0.1) is 0 Å². The summed E-state index contributed by atoms with van der Waals surface area (Å²) < 4.78 is 0.